The molecule has 174 valence electrons. The first-order valence-corrected chi connectivity index (χ1v) is 11.5. The van der Waals surface area contributed by atoms with Crippen molar-refractivity contribution in [2.75, 3.05) is 26.2 Å². The van der Waals surface area contributed by atoms with E-state index in [1.807, 2.05) is 0 Å². The number of barbiturate groups is 1. The number of carboxylic acids is 1. The number of hydrogen-bond donors (Lipinski definition) is 4. The van der Waals surface area contributed by atoms with Gasteiger partial charge in [0.05, 0.1) is 18.7 Å². The van der Waals surface area contributed by atoms with Crippen molar-refractivity contribution in [2.24, 2.45) is 0 Å². The number of nitrogens with one attached hydrogen (secondary N) is 3. The zero-order valence-electron chi connectivity index (χ0n) is 18.6. The highest BCUT2D eigenvalue weighted by Crippen LogP contribution is 2.39. The van der Waals surface area contributed by atoms with Gasteiger partial charge in [-0.3, -0.25) is 24.7 Å². The number of quaternary nitrogens is 1. The van der Waals surface area contributed by atoms with Crippen LogP contribution in [0, 0.1) is 0 Å². The molecule has 0 saturated carbocycles. The first kappa shape index (κ1) is 23.9. The number of amides is 4. The van der Waals surface area contributed by atoms with Gasteiger partial charge in [0.1, 0.15) is 5.69 Å². The minimum absolute atomic E-state index is 0.0554. The van der Waals surface area contributed by atoms with Gasteiger partial charge in [-0.15, -0.1) is 0 Å². The van der Waals surface area contributed by atoms with Gasteiger partial charge in [0, 0.05) is 31.6 Å². The molecule has 0 aromatic heterocycles. The highest BCUT2D eigenvalue weighted by molar-refractivity contribution is 6.23. The fourth-order valence-corrected chi connectivity index (χ4v) is 5.06. The summed E-state index contributed by atoms with van der Waals surface area (Å²) in [5.41, 5.74) is -0.659. The Hall–Kier alpha value is -2.78. The molecule has 2 saturated heterocycles. The first-order valence-electron chi connectivity index (χ1n) is 11.5. The maximum absolute atomic E-state index is 13.4. The van der Waals surface area contributed by atoms with Crippen LogP contribution in [0.1, 0.15) is 62.2 Å². The number of aromatic carboxylic acids is 1. The van der Waals surface area contributed by atoms with Crippen molar-refractivity contribution in [3.05, 3.63) is 29.8 Å². The van der Waals surface area contributed by atoms with Crippen LogP contribution in [0.5, 0.6) is 0 Å². The summed E-state index contributed by atoms with van der Waals surface area (Å²) in [5.74, 6) is -2.20. The number of benzene rings is 1. The van der Waals surface area contributed by atoms with E-state index in [0.29, 0.717) is 44.7 Å². The van der Waals surface area contributed by atoms with Crippen LogP contribution >= 0.6 is 0 Å². The van der Waals surface area contributed by atoms with Crippen LogP contribution in [0.2, 0.25) is 0 Å². The second-order valence-electron chi connectivity index (χ2n) is 8.63. The fraction of sp³-hybridized carbons (Fsp3) is 0.565. The van der Waals surface area contributed by atoms with E-state index in [1.54, 1.807) is 12.1 Å². The minimum Gasteiger partial charge on any atom is -0.478 e. The zero-order valence-corrected chi connectivity index (χ0v) is 18.6. The predicted octanol–water partition coefficient (Wildman–Crippen LogP) is 2.15. The predicted molar refractivity (Wildman–Crippen MR) is 120 cm³/mol. The van der Waals surface area contributed by atoms with E-state index in [9.17, 15) is 24.3 Å². The Morgan fingerprint density at radius 2 is 1.50 bits per heavy atom. The zero-order chi connectivity index (χ0) is 23.2. The monoisotopic (exact) mass is 445 g/mol. The van der Waals surface area contributed by atoms with Crippen LogP contribution < -0.4 is 20.4 Å². The van der Waals surface area contributed by atoms with Crippen LogP contribution in [-0.4, -0.2) is 60.6 Å². The average Bonchev–Trinajstić information content (AvgIpc) is 2.78. The standard InChI is InChI=1S/C23H32N4O5/c1-2-3-4-5-6-7-12-23(20(30)25-22(32)26-21(23)31)27(15-13-24-14-16-27)18-10-8-17(9-11-18)19(28)29/h8-11,24H,2-7,12-16H2,1H3,(H2-,25,26,28,29,30,31,32)/p+1. The van der Waals surface area contributed by atoms with Crippen LogP contribution in [0.3, 0.4) is 0 Å². The van der Waals surface area contributed by atoms with E-state index in [0.717, 1.165) is 32.1 Å². The summed E-state index contributed by atoms with van der Waals surface area (Å²) >= 11 is 0. The molecular weight excluding hydrogens is 412 g/mol. The summed E-state index contributed by atoms with van der Waals surface area (Å²) < 4.78 is 0.0554. The molecule has 2 aliphatic rings. The molecule has 0 aliphatic carbocycles. The summed E-state index contributed by atoms with van der Waals surface area (Å²) in [7, 11) is 0. The number of unbranched alkanes of at least 4 members (excludes halogenated alkanes) is 5. The van der Waals surface area contributed by atoms with Crippen molar-refractivity contribution in [3.8, 4) is 0 Å². The van der Waals surface area contributed by atoms with Crippen molar-refractivity contribution >= 4 is 29.5 Å². The molecule has 9 nitrogen and oxygen atoms in total. The van der Waals surface area contributed by atoms with Crippen molar-refractivity contribution in [1.82, 2.24) is 20.4 Å². The largest absolute Gasteiger partial charge is 0.478 e. The van der Waals surface area contributed by atoms with Gasteiger partial charge in [0.2, 0.25) is 0 Å². The number of carboxylic acid groups (broad SMARTS) is 1. The molecule has 0 unspecified atom stereocenters. The van der Waals surface area contributed by atoms with Crippen LogP contribution in [0.4, 0.5) is 10.5 Å². The maximum Gasteiger partial charge on any atom is 0.335 e. The molecule has 0 bridgehead atoms. The molecule has 1 aromatic rings. The Morgan fingerprint density at radius 3 is 2.06 bits per heavy atom. The number of imide groups is 2. The fourth-order valence-electron chi connectivity index (χ4n) is 5.06. The lowest BCUT2D eigenvalue weighted by Gasteiger charge is -2.53. The van der Waals surface area contributed by atoms with Gasteiger partial charge in [0.15, 0.2) is 0 Å². The number of carbonyl (C=O) groups excluding carboxylic acids is 3. The smallest absolute Gasteiger partial charge is 0.335 e. The molecule has 4 amide bonds. The maximum atomic E-state index is 13.4. The van der Waals surface area contributed by atoms with Crippen molar-refractivity contribution in [1.29, 1.82) is 0 Å². The molecule has 0 radical (unpaired) electrons. The molecule has 4 N–H and O–H groups in total. The molecular formula is C23H33N4O5+. The third kappa shape index (κ3) is 4.40. The summed E-state index contributed by atoms with van der Waals surface area (Å²) in [6.45, 7) is 4.27. The molecule has 3 rings (SSSR count). The second kappa shape index (κ2) is 10.2. The van der Waals surface area contributed by atoms with Gasteiger partial charge < -0.3 is 10.4 Å². The highest BCUT2D eigenvalue weighted by Gasteiger charge is 2.65. The number of carbonyl (C=O) groups is 4. The number of rotatable bonds is 10. The lowest BCUT2D eigenvalue weighted by atomic mass is 9.82. The van der Waals surface area contributed by atoms with E-state index in [1.165, 1.54) is 12.1 Å². The summed E-state index contributed by atoms with van der Waals surface area (Å²) in [5, 5.41) is 17.3. The van der Waals surface area contributed by atoms with Gasteiger partial charge in [-0.2, -0.15) is 0 Å². The van der Waals surface area contributed by atoms with E-state index in [4.69, 9.17) is 0 Å². The lowest BCUT2D eigenvalue weighted by Crippen LogP contribution is -2.83. The molecule has 2 fully saturated rings. The molecule has 9 heteroatoms. The Morgan fingerprint density at radius 1 is 0.938 bits per heavy atom. The first-order chi connectivity index (χ1) is 15.4. The van der Waals surface area contributed by atoms with Crippen LogP contribution in [-0.2, 0) is 9.59 Å². The average molecular weight is 446 g/mol. The van der Waals surface area contributed by atoms with Crippen LogP contribution in [0.15, 0.2) is 24.3 Å². The number of urea groups is 1. The Balaban J connectivity index is 2.02. The summed E-state index contributed by atoms with van der Waals surface area (Å²) in [6.07, 6.45) is 6.32. The van der Waals surface area contributed by atoms with Crippen molar-refractivity contribution in [2.45, 2.75) is 57.4 Å². The molecule has 2 heterocycles. The normalized spacial score (nSPS) is 19.8. The number of nitrogens with zero attached hydrogens (tertiary/aromatic N) is 1. The van der Waals surface area contributed by atoms with Gasteiger partial charge in [-0.05, 0) is 18.6 Å². The molecule has 2 aliphatic heterocycles. The van der Waals surface area contributed by atoms with E-state index in [2.05, 4.69) is 22.9 Å². The SMILES string of the molecule is CCCCCCCCC1([N+]2(c3ccc(C(=O)O)cc3)CCNCC2)C(=O)NC(=O)NC1=O. The molecule has 1 aromatic carbocycles. The lowest BCUT2D eigenvalue weighted by molar-refractivity contribution is -0.148. The van der Waals surface area contributed by atoms with Crippen molar-refractivity contribution < 1.29 is 24.3 Å². The second-order valence-corrected chi connectivity index (χ2v) is 8.63. The highest BCUT2D eigenvalue weighted by atomic mass is 16.4. The van der Waals surface area contributed by atoms with Crippen molar-refractivity contribution in [3.63, 3.8) is 0 Å². The van der Waals surface area contributed by atoms with Gasteiger partial charge in [-0.1, -0.05) is 39.0 Å². The van der Waals surface area contributed by atoms with E-state index >= 15 is 0 Å². The van der Waals surface area contributed by atoms with Gasteiger partial charge in [0.25, 0.3) is 17.4 Å². The van der Waals surface area contributed by atoms with E-state index in [-0.39, 0.29) is 10.0 Å². The Kier molecular flexibility index (Phi) is 7.63. The third-order valence-corrected chi connectivity index (χ3v) is 6.78. The minimum atomic E-state index is -1.49. The Labute approximate surface area is 188 Å². The summed E-state index contributed by atoms with van der Waals surface area (Å²) in [6, 6.07) is 5.58. The van der Waals surface area contributed by atoms with Crippen LogP contribution in [0.25, 0.3) is 0 Å². The Bertz CT molecular complexity index is 842. The third-order valence-electron chi connectivity index (χ3n) is 6.78. The van der Waals surface area contributed by atoms with Gasteiger partial charge in [-0.25, -0.2) is 9.59 Å². The topological polar surface area (TPSA) is 125 Å². The number of piperazine rings is 1. The molecule has 0 atom stereocenters. The van der Waals surface area contributed by atoms with Gasteiger partial charge >= 0.3 is 12.0 Å². The summed E-state index contributed by atoms with van der Waals surface area (Å²) in [4.78, 5) is 50.1. The van der Waals surface area contributed by atoms with E-state index < -0.39 is 29.4 Å². The molecule has 32 heavy (non-hydrogen) atoms. The number of hydrogen-bond acceptors (Lipinski definition) is 5. The molecule has 0 spiro atoms. The quantitative estimate of drug-likeness (QED) is 0.248.